The average molecular weight is 306 g/mol. The fourth-order valence-electron chi connectivity index (χ4n) is 2.40. The summed E-state index contributed by atoms with van der Waals surface area (Å²) in [6.45, 7) is 6.14. The van der Waals surface area contributed by atoms with E-state index in [1.807, 2.05) is 20.8 Å². The maximum absolute atomic E-state index is 12.2. The molecule has 0 saturated heterocycles. The Kier molecular flexibility index (Phi) is 4.24. The first-order valence-corrected chi connectivity index (χ1v) is 7.36. The normalized spacial score (nSPS) is 16.2. The molecule has 120 valence electrons. The Balaban J connectivity index is 2.19. The van der Waals surface area contributed by atoms with Crippen LogP contribution in [0.1, 0.15) is 49.5 Å². The molecule has 1 aliphatic carbocycles. The zero-order valence-electron chi connectivity index (χ0n) is 13.2. The van der Waals surface area contributed by atoms with Gasteiger partial charge in [-0.25, -0.2) is 0 Å². The highest BCUT2D eigenvalue weighted by atomic mass is 16.6. The zero-order valence-corrected chi connectivity index (χ0v) is 13.2. The van der Waals surface area contributed by atoms with Crippen molar-refractivity contribution >= 4 is 11.6 Å². The Morgan fingerprint density at radius 3 is 2.50 bits per heavy atom. The summed E-state index contributed by atoms with van der Waals surface area (Å²) >= 11 is 0. The van der Waals surface area contributed by atoms with Crippen LogP contribution >= 0.6 is 0 Å². The standard InChI is InChI=1S/C16H22N2O4/c1-15(2,3)12-5-4-11(8-13(12)18(21)22)14(20)17-9-16(10-19)6-7-16/h4-5,8,19H,6-7,9-10H2,1-3H3,(H,17,20). The molecular formula is C16H22N2O4. The lowest BCUT2D eigenvalue weighted by Crippen LogP contribution is -2.32. The van der Waals surface area contributed by atoms with Crippen LogP contribution in [0.5, 0.6) is 0 Å². The highest BCUT2D eigenvalue weighted by Crippen LogP contribution is 2.44. The van der Waals surface area contributed by atoms with E-state index in [9.17, 15) is 20.0 Å². The Hall–Kier alpha value is -1.95. The molecule has 0 aliphatic heterocycles. The van der Waals surface area contributed by atoms with E-state index >= 15 is 0 Å². The number of aliphatic hydroxyl groups is 1. The molecule has 2 rings (SSSR count). The van der Waals surface area contributed by atoms with Crippen LogP contribution in [0.2, 0.25) is 0 Å². The van der Waals surface area contributed by atoms with E-state index in [2.05, 4.69) is 5.32 Å². The van der Waals surface area contributed by atoms with E-state index in [0.717, 1.165) is 12.8 Å². The number of hydrogen-bond acceptors (Lipinski definition) is 4. The van der Waals surface area contributed by atoms with Crippen LogP contribution in [0, 0.1) is 15.5 Å². The van der Waals surface area contributed by atoms with E-state index in [0.29, 0.717) is 12.1 Å². The number of aliphatic hydroxyl groups excluding tert-OH is 1. The van der Waals surface area contributed by atoms with Crippen LogP contribution in [0.25, 0.3) is 0 Å². The molecule has 0 heterocycles. The molecular weight excluding hydrogens is 284 g/mol. The van der Waals surface area contributed by atoms with Gasteiger partial charge in [-0.05, 0) is 24.3 Å². The number of amides is 1. The van der Waals surface area contributed by atoms with Gasteiger partial charge in [-0.3, -0.25) is 14.9 Å². The van der Waals surface area contributed by atoms with E-state index in [4.69, 9.17) is 0 Å². The van der Waals surface area contributed by atoms with Crippen molar-refractivity contribution in [3.8, 4) is 0 Å². The Morgan fingerprint density at radius 1 is 1.41 bits per heavy atom. The highest BCUT2D eigenvalue weighted by molar-refractivity contribution is 5.95. The van der Waals surface area contributed by atoms with Crippen molar-refractivity contribution in [2.45, 2.75) is 39.0 Å². The summed E-state index contributed by atoms with van der Waals surface area (Å²) in [5.74, 6) is -0.344. The summed E-state index contributed by atoms with van der Waals surface area (Å²) in [4.78, 5) is 23.0. The minimum absolute atomic E-state index is 0.0385. The first kappa shape index (κ1) is 16.4. The molecule has 0 spiro atoms. The number of carbonyl (C=O) groups is 1. The van der Waals surface area contributed by atoms with E-state index in [-0.39, 0.29) is 34.6 Å². The van der Waals surface area contributed by atoms with Crippen LogP contribution in [0.15, 0.2) is 18.2 Å². The molecule has 0 unspecified atom stereocenters. The van der Waals surface area contributed by atoms with Crippen LogP contribution in [-0.4, -0.2) is 29.1 Å². The SMILES string of the molecule is CC(C)(C)c1ccc(C(=O)NCC2(CO)CC2)cc1[N+](=O)[O-]. The molecule has 1 saturated carbocycles. The van der Waals surface area contributed by atoms with Gasteiger partial charge in [-0.15, -0.1) is 0 Å². The lowest BCUT2D eigenvalue weighted by atomic mass is 9.85. The molecule has 0 atom stereocenters. The molecule has 1 amide bonds. The Morgan fingerprint density at radius 2 is 2.05 bits per heavy atom. The van der Waals surface area contributed by atoms with Crippen molar-refractivity contribution in [1.29, 1.82) is 0 Å². The van der Waals surface area contributed by atoms with Gasteiger partial charge in [0.1, 0.15) is 0 Å². The minimum atomic E-state index is -0.451. The quantitative estimate of drug-likeness (QED) is 0.645. The summed E-state index contributed by atoms with van der Waals surface area (Å²) in [5, 5.41) is 23.3. The fourth-order valence-corrected chi connectivity index (χ4v) is 2.40. The van der Waals surface area contributed by atoms with Gasteiger partial charge in [0, 0.05) is 29.2 Å². The zero-order chi connectivity index (χ0) is 16.5. The molecule has 2 N–H and O–H groups in total. The summed E-state index contributed by atoms with van der Waals surface area (Å²) in [6.07, 6.45) is 1.79. The number of nitro groups is 1. The van der Waals surface area contributed by atoms with Gasteiger partial charge in [0.15, 0.2) is 0 Å². The second kappa shape index (κ2) is 5.68. The van der Waals surface area contributed by atoms with Gasteiger partial charge in [0.05, 0.1) is 11.5 Å². The molecule has 1 fully saturated rings. The van der Waals surface area contributed by atoms with Gasteiger partial charge in [0.25, 0.3) is 11.6 Å². The van der Waals surface area contributed by atoms with Crippen molar-refractivity contribution in [3.63, 3.8) is 0 Å². The topological polar surface area (TPSA) is 92.5 Å². The fraction of sp³-hybridized carbons (Fsp3) is 0.562. The van der Waals surface area contributed by atoms with Crippen molar-refractivity contribution in [1.82, 2.24) is 5.32 Å². The largest absolute Gasteiger partial charge is 0.396 e. The Bertz CT molecular complexity index is 601. The third-order valence-electron chi connectivity index (χ3n) is 4.18. The molecule has 1 aromatic rings. The lowest BCUT2D eigenvalue weighted by molar-refractivity contribution is -0.386. The summed E-state index contributed by atoms with van der Waals surface area (Å²) in [6, 6.07) is 4.59. The number of nitrogens with one attached hydrogen (secondary N) is 1. The van der Waals surface area contributed by atoms with E-state index in [1.54, 1.807) is 12.1 Å². The lowest BCUT2D eigenvalue weighted by Gasteiger charge is -2.19. The predicted molar refractivity (Wildman–Crippen MR) is 82.9 cm³/mol. The van der Waals surface area contributed by atoms with Crippen LogP contribution < -0.4 is 5.32 Å². The first-order valence-electron chi connectivity index (χ1n) is 7.36. The van der Waals surface area contributed by atoms with Crippen LogP contribution in [-0.2, 0) is 5.41 Å². The third kappa shape index (κ3) is 3.44. The van der Waals surface area contributed by atoms with Gasteiger partial charge < -0.3 is 10.4 Å². The molecule has 6 heteroatoms. The van der Waals surface area contributed by atoms with Crippen molar-refractivity contribution in [3.05, 3.63) is 39.4 Å². The smallest absolute Gasteiger partial charge is 0.273 e. The predicted octanol–water partition coefficient (Wildman–Crippen LogP) is 2.39. The highest BCUT2D eigenvalue weighted by Gasteiger charge is 2.42. The third-order valence-corrected chi connectivity index (χ3v) is 4.18. The second-order valence-electron chi connectivity index (χ2n) is 7.08. The summed E-state index contributed by atoms with van der Waals surface area (Å²) < 4.78 is 0. The van der Waals surface area contributed by atoms with Crippen LogP contribution in [0.3, 0.4) is 0 Å². The van der Waals surface area contributed by atoms with Gasteiger partial charge in [-0.2, -0.15) is 0 Å². The number of carbonyl (C=O) groups excluding carboxylic acids is 1. The first-order chi connectivity index (χ1) is 10.2. The van der Waals surface area contributed by atoms with Gasteiger partial charge in [0.2, 0.25) is 0 Å². The molecule has 22 heavy (non-hydrogen) atoms. The number of nitrogens with zero attached hydrogens (tertiary/aromatic N) is 1. The molecule has 1 aromatic carbocycles. The second-order valence-corrected chi connectivity index (χ2v) is 7.08. The average Bonchev–Trinajstić information content (AvgIpc) is 3.23. The summed E-state index contributed by atoms with van der Waals surface area (Å²) in [7, 11) is 0. The Labute approximate surface area is 129 Å². The van der Waals surface area contributed by atoms with Gasteiger partial charge in [-0.1, -0.05) is 26.8 Å². The van der Waals surface area contributed by atoms with E-state index in [1.165, 1.54) is 6.07 Å². The number of hydrogen-bond donors (Lipinski definition) is 2. The molecule has 6 nitrogen and oxygen atoms in total. The molecule has 0 radical (unpaired) electrons. The molecule has 1 aliphatic rings. The monoisotopic (exact) mass is 306 g/mol. The van der Waals surface area contributed by atoms with E-state index < -0.39 is 4.92 Å². The number of nitro benzene ring substituents is 1. The van der Waals surface area contributed by atoms with Crippen LogP contribution in [0.4, 0.5) is 5.69 Å². The van der Waals surface area contributed by atoms with Crippen molar-refractivity contribution in [2.75, 3.05) is 13.2 Å². The maximum atomic E-state index is 12.2. The number of rotatable bonds is 5. The minimum Gasteiger partial charge on any atom is -0.396 e. The van der Waals surface area contributed by atoms with Crippen molar-refractivity contribution in [2.24, 2.45) is 5.41 Å². The molecule has 0 aromatic heterocycles. The van der Waals surface area contributed by atoms with Crippen molar-refractivity contribution < 1.29 is 14.8 Å². The maximum Gasteiger partial charge on any atom is 0.273 e. The number of benzene rings is 1. The van der Waals surface area contributed by atoms with Gasteiger partial charge >= 0.3 is 0 Å². The molecule has 0 bridgehead atoms. The summed E-state index contributed by atoms with van der Waals surface area (Å²) in [5.41, 5.74) is 0.277.